The van der Waals surface area contributed by atoms with E-state index in [1.807, 2.05) is 11.8 Å². The van der Waals surface area contributed by atoms with Crippen LogP contribution in [-0.2, 0) is 4.79 Å². The first-order valence-electron chi connectivity index (χ1n) is 4.38. The minimum Gasteiger partial charge on any atom is -0.302 e. The summed E-state index contributed by atoms with van der Waals surface area (Å²) in [7, 11) is 0. The summed E-state index contributed by atoms with van der Waals surface area (Å²) in [6, 6.07) is 0. The topological polar surface area (TPSA) is 17.1 Å². The van der Waals surface area contributed by atoms with E-state index in [9.17, 15) is 4.79 Å². The van der Waals surface area contributed by atoms with Gasteiger partial charge in [0.2, 0.25) is 0 Å². The fraction of sp³-hybridized carbons (Fsp3) is 0.889. The summed E-state index contributed by atoms with van der Waals surface area (Å²) in [6.45, 7) is 2.31. The molecule has 0 heterocycles. The molecular formula is C9H16OS. The van der Waals surface area contributed by atoms with E-state index in [0.717, 1.165) is 17.5 Å². The zero-order valence-electron chi connectivity index (χ0n) is 7.08. The van der Waals surface area contributed by atoms with Crippen LogP contribution in [0.4, 0.5) is 0 Å². The average Bonchev–Trinajstić information content (AvgIpc) is 2.01. The van der Waals surface area contributed by atoms with Crippen molar-refractivity contribution in [1.29, 1.82) is 0 Å². The Morgan fingerprint density at radius 3 is 3.00 bits per heavy atom. The van der Waals surface area contributed by atoms with Crippen LogP contribution < -0.4 is 0 Å². The van der Waals surface area contributed by atoms with Crippen LogP contribution in [0.25, 0.3) is 0 Å². The number of aldehydes is 1. The molecule has 0 saturated heterocycles. The zero-order valence-corrected chi connectivity index (χ0v) is 7.90. The Morgan fingerprint density at radius 1 is 1.55 bits per heavy atom. The highest BCUT2D eigenvalue weighted by atomic mass is 32.2. The van der Waals surface area contributed by atoms with Gasteiger partial charge in [-0.05, 0) is 18.8 Å². The molecule has 2 unspecified atom stereocenters. The fourth-order valence-corrected chi connectivity index (χ4v) is 2.85. The lowest BCUT2D eigenvalue weighted by Gasteiger charge is -2.25. The van der Waals surface area contributed by atoms with Crippen molar-refractivity contribution in [2.24, 2.45) is 5.92 Å². The summed E-state index contributed by atoms with van der Waals surface area (Å²) in [5.41, 5.74) is 0. The molecule has 1 nitrogen and oxygen atoms in total. The van der Waals surface area contributed by atoms with Gasteiger partial charge in [0.05, 0.1) is 0 Å². The maximum atomic E-state index is 10.1. The van der Waals surface area contributed by atoms with Gasteiger partial charge in [-0.3, -0.25) is 0 Å². The minimum absolute atomic E-state index is 0.692. The summed E-state index contributed by atoms with van der Waals surface area (Å²) >= 11 is 1.83. The SMILES string of the molecule is CC1CCCC(SCC=O)C1. The molecule has 0 aromatic heterocycles. The Hall–Kier alpha value is 0.0200. The molecule has 11 heavy (non-hydrogen) atoms. The van der Waals surface area contributed by atoms with E-state index < -0.39 is 0 Å². The maximum absolute atomic E-state index is 10.1. The van der Waals surface area contributed by atoms with E-state index in [1.54, 1.807) is 0 Å². The Bertz CT molecular complexity index is 125. The molecule has 0 bridgehead atoms. The molecule has 0 aromatic carbocycles. The van der Waals surface area contributed by atoms with Crippen LogP contribution in [0.1, 0.15) is 32.6 Å². The van der Waals surface area contributed by atoms with E-state index in [2.05, 4.69) is 6.92 Å². The molecule has 0 aliphatic heterocycles. The quantitative estimate of drug-likeness (QED) is 0.608. The lowest BCUT2D eigenvalue weighted by Crippen LogP contribution is -2.15. The molecule has 1 aliphatic carbocycles. The molecule has 2 heteroatoms. The lowest BCUT2D eigenvalue weighted by molar-refractivity contribution is -0.105. The molecule has 1 rings (SSSR count). The van der Waals surface area contributed by atoms with Crippen molar-refractivity contribution in [2.75, 3.05) is 5.75 Å². The van der Waals surface area contributed by atoms with E-state index in [1.165, 1.54) is 25.7 Å². The third-order valence-electron chi connectivity index (χ3n) is 2.29. The molecule has 0 radical (unpaired) electrons. The second kappa shape index (κ2) is 4.81. The van der Waals surface area contributed by atoms with Crippen molar-refractivity contribution in [3.63, 3.8) is 0 Å². The largest absolute Gasteiger partial charge is 0.302 e. The van der Waals surface area contributed by atoms with Crippen molar-refractivity contribution in [3.8, 4) is 0 Å². The highest BCUT2D eigenvalue weighted by Crippen LogP contribution is 2.31. The fourth-order valence-electron chi connectivity index (χ4n) is 1.71. The van der Waals surface area contributed by atoms with Gasteiger partial charge in [0.25, 0.3) is 0 Å². The smallest absolute Gasteiger partial charge is 0.129 e. The standard InChI is InChI=1S/C9H16OS/c1-8-3-2-4-9(7-8)11-6-5-10/h5,8-9H,2-4,6-7H2,1H3. The predicted octanol–water partition coefficient (Wildman–Crippen LogP) is 2.50. The number of thioether (sulfide) groups is 1. The van der Waals surface area contributed by atoms with Crippen molar-refractivity contribution >= 4 is 18.0 Å². The molecule has 0 aromatic rings. The molecule has 0 N–H and O–H groups in total. The minimum atomic E-state index is 0.692. The summed E-state index contributed by atoms with van der Waals surface area (Å²) in [4.78, 5) is 10.1. The number of rotatable bonds is 3. The van der Waals surface area contributed by atoms with Crippen molar-refractivity contribution in [2.45, 2.75) is 37.9 Å². The Balaban J connectivity index is 2.17. The summed E-state index contributed by atoms with van der Waals surface area (Å²) in [6.07, 6.45) is 6.40. The average molecular weight is 172 g/mol. The summed E-state index contributed by atoms with van der Waals surface area (Å²) in [5, 5.41) is 0.768. The maximum Gasteiger partial charge on any atom is 0.129 e. The van der Waals surface area contributed by atoms with E-state index in [4.69, 9.17) is 0 Å². The number of hydrogen-bond acceptors (Lipinski definition) is 2. The van der Waals surface area contributed by atoms with Crippen LogP contribution in [0.5, 0.6) is 0 Å². The van der Waals surface area contributed by atoms with Crippen molar-refractivity contribution < 1.29 is 4.79 Å². The zero-order chi connectivity index (χ0) is 8.10. The molecule has 0 amide bonds. The third kappa shape index (κ3) is 3.28. The van der Waals surface area contributed by atoms with Gasteiger partial charge in [-0.1, -0.05) is 19.8 Å². The van der Waals surface area contributed by atoms with Gasteiger partial charge in [-0.15, -0.1) is 0 Å². The molecule has 2 atom stereocenters. The number of carbonyl (C=O) groups is 1. The first-order valence-corrected chi connectivity index (χ1v) is 5.43. The summed E-state index contributed by atoms with van der Waals surface area (Å²) < 4.78 is 0. The Labute approximate surface area is 72.9 Å². The van der Waals surface area contributed by atoms with Crippen molar-refractivity contribution in [3.05, 3.63) is 0 Å². The van der Waals surface area contributed by atoms with Gasteiger partial charge in [-0.25, -0.2) is 0 Å². The normalized spacial score (nSPS) is 31.7. The van der Waals surface area contributed by atoms with Crippen LogP contribution in [0.2, 0.25) is 0 Å². The molecule has 0 spiro atoms. The van der Waals surface area contributed by atoms with Crippen LogP contribution in [0, 0.1) is 5.92 Å². The van der Waals surface area contributed by atoms with Gasteiger partial charge < -0.3 is 4.79 Å². The third-order valence-corrected chi connectivity index (χ3v) is 3.52. The number of carbonyl (C=O) groups excluding carboxylic acids is 1. The van der Waals surface area contributed by atoms with Gasteiger partial charge in [-0.2, -0.15) is 11.8 Å². The lowest BCUT2D eigenvalue weighted by atomic mass is 9.91. The highest BCUT2D eigenvalue weighted by molar-refractivity contribution is 8.00. The first kappa shape index (κ1) is 9.11. The highest BCUT2D eigenvalue weighted by Gasteiger charge is 2.18. The monoisotopic (exact) mass is 172 g/mol. The molecule has 1 aliphatic rings. The van der Waals surface area contributed by atoms with E-state index in [0.29, 0.717) is 5.75 Å². The van der Waals surface area contributed by atoms with Crippen LogP contribution in [0.15, 0.2) is 0 Å². The Morgan fingerprint density at radius 2 is 2.36 bits per heavy atom. The van der Waals surface area contributed by atoms with Crippen LogP contribution in [-0.4, -0.2) is 17.3 Å². The van der Waals surface area contributed by atoms with Crippen molar-refractivity contribution in [1.82, 2.24) is 0 Å². The first-order chi connectivity index (χ1) is 5.33. The summed E-state index contributed by atoms with van der Waals surface area (Å²) in [5.74, 6) is 1.57. The molecule has 64 valence electrons. The Kier molecular flexibility index (Phi) is 3.98. The second-order valence-electron chi connectivity index (χ2n) is 3.39. The van der Waals surface area contributed by atoms with Gasteiger partial charge in [0.15, 0.2) is 0 Å². The van der Waals surface area contributed by atoms with Gasteiger partial charge in [0, 0.05) is 11.0 Å². The van der Waals surface area contributed by atoms with Gasteiger partial charge >= 0.3 is 0 Å². The van der Waals surface area contributed by atoms with E-state index in [-0.39, 0.29) is 0 Å². The molecule has 1 fully saturated rings. The van der Waals surface area contributed by atoms with Crippen LogP contribution >= 0.6 is 11.8 Å². The second-order valence-corrected chi connectivity index (χ2v) is 4.73. The number of hydrogen-bond donors (Lipinski definition) is 0. The van der Waals surface area contributed by atoms with Gasteiger partial charge in [0.1, 0.15) is 6.29 Å². The van der Waals surface area contributed by atoms with E-state index >= 15 is 0 Å². The molecular weight excluding hydrogens is 156 g/mol. The van der Waals surface area contributed by atoms with Crippen LogP contribution in [0.3, 0.4) is 0 Å². The predicted molar refractivity (Wildman–Crippen MR) is 49.9 cm³/mol. The molecule has 1 saturated carbocycles.